The molecule has 118 valence electrons. The van der Waals surface area contributed by atoms with Crippen molar-refractivity contribution in [3.8, 4) is 0 Å². The maximum absolute atomic E-state index is 12.5. The molecule has 1 amide bonds. The zero-order valence-electron chi connectivity index (χ0n) is 12.1. The normalized spacial score (nSPS) is 11.0. The van der Waals surface area contributed by atoms with Crippen molar-refractivity contribution in [3.05, 3.63) is 63.3 Å². The molecule has 0 spiro atoms. The molecule has 1 aromatic heterocycles. The van der Waals surface area contributed by atoms with Gasteiger partial charge in [-0.1, -0.05) is 41.4 Å². The van der Waals surface area contributed by atoms with Crippen molar-refractivity contribution in [3.63, 3.8) is 0 Å². The van der Waals surface area contributed by atoms with Crippen molar-refractivity contribution in [2.75, 3.05) is 5.32 Å². The SMILES string of the molecule is Cc1oc2c(NC(=O)c3c(Cl)cccc3Cl)cccc2c1CCl. The number of hydrogen-bond donors (Lipinski definition) is 1. The highest BCUT2D eigenvalue weighted by molar-refractivity contribution is 6.40. The zero-order chi connectivity index (χ0) is 16.6. The van der Waals surface area contributed by atoms with Crippen molar-refractivity contribution in [1.29, 1.82) is 0 Å². The molecule has 0 unspecified atom stereocenters. The largest absolute Gasteiger partial charge is 0.459 e. The molecule has 3 aromatic rings. The average molecular weight is 369 g/mol. The van der Waals surface area contributed by atoms with Crippen LogP contribution in [-0.4, -0.2) is 5.91 Å². The minimum absolute atomic E-state index is 0.230. The standard InChI is InChI=1S/C17H12Cl3NO2/c1-9-11(8-18)10-4-2-7-14(16(10)23-9)21-17(22)15-12(19)5-3-6-13(15)20/h2-7H,8H2,1H3,(H,21,22). The highest BCUT2D eigenvalue weighted by atomic mass is 35.5. The van der Waals surface area contributed by atoms with Crippen molar-refractivity contribution in [2.24, 2.45) is 0 Å². The first-order valence-electron chi connectivity index (χ1n) is 6.85. The van der Waals surface area contributed by atoms with Crippen LogP contribution in [0, 0.1) is 6.92 Å². The highest BCUT2D eigenvalue weighted by Gasteiger charge is 2.18. The zero-order valence-corrected chi connectivity index (χ0v) is 14.4. The Morgan fingerprint density at radius 2 is 1.78 bits per heavy atom. The van der Waals surface area contributed by atoms with Gasteiger partial charge in [0.25, 0.3) is 5.91 Å². The maximum Gasteiger partial charge on any atom is 0.258 e. The number of fused-ring (bicyclic) bond motifs is 1. The molecular formula is C17H12Cl3NO2. The van der Waals surface area contributed by atoms with E-state index in [1.165, 1.54) is 0 Å². The first-order valence-corrected chi connectivity index (χ1v) is 8.14. The molecule has 0 atom stereocenters. The third-order valence-electron chi connectivity index (χ3n) is 3.59. The van der Waals surface area contributed by atoms with Gasteiger partial charge < -0.3 is 9.73 Å². The van der Waals surface area contributed by atoms with Crippen LogP contribution in [0.2, 0.25) is 10.0 Å². The first-order chi connectivity index (χ1) is 11.0. The van der Waals surface area contributed by atoms with Crippen molar-refractivity contribution >= 4 is 57.4 Å². The molecule has 0 fully saturated rings. The molecule has 0 radical (unpaired) electrons. The van der Waals surface area contributed by atoms with Crippen molar-refractivity contribution < 1.29 is 9.21 Å². The van der Waals surface area contributed by atoms with Gasteiger partial charge in [-0.3, -0.25) is 4.79 Å². The van der Waals surface area contributed by atoms with E-state index in [4.69, 9.17) is 39.2 Å². The number of rotatable bonds is 3. The Balaban J connectivity index is 2.04. The number of carbonyl (C=O) groups is 1. The first kappa shape index (κ1) is 16.2. The summed E-state index contributed by atoms with van der Waals surface area (Å²) in [6.45, 7) is 1.84. The van der Waals surface area contributed by atoms with Crippen LogP contribution in [0.3, 0.4) is 0 Å². The number of furan rings is 1. The average Bonchev–Trinajstić information content (AvgIpc) is 2.83. The highest BCUT2D eigenvalue weighted by Crippen LogP contribution is 2.33. The van der Waals surface area contributed by atoms with Gasteiger partial charge in [-0.15, -0.1) is 11.6 Å². The summed E-state index contributed by atoms with van der Waals surface area (Å²) in [4.78, 5) is 12.5. The van der Waals surface area contributed by atoms with Crippen LogP contribution in [-0.2, 0) is 5.88 Å². The summed E-state index contributed by atoms with van der Waals surface area (Å²) in [5.41, 5.74) is 2.27. The van der Waals surface area contributed by atoms with E-state index in [2.05, 4.69) is 5.32 Å². The number of hydrogen-bond acceptors (Lipinski definition) is 2. The van der Waals surface area contributed by atoms with Gasteiger partial charge in [-0.05, 0) is 25.1 Å². The van der Waals surface area contributed by atoms with Gasteiger partial charge in [0.15, 0.2) is 5.58 Å². The molecule has 0 bridgehead atoms. The number of amides is 1. The number of alkyl halides is 1. The number of aryl methyl sites for hydroxylation is 1. The van der Waals surface area contributed by atoms with Crippen LogP contribution in [0.4, 0.5) is 5.69 Å². The van der Waals surface area contributed by atoms with Gasteiger partial charge in [0.05, 0.1) is 27.2 Å². The van der Waals surface area contributed by atoms with Crippen LogP contribution < -0.4 is 5.32 Å². The molecule has 0 aliphatic heterocycles. The van der Waals surface area contributed by atoms with Crippen LogP contribution in [0.5, 0.6) is 0 Å². The fraction of sp³-hybridized carbons (Fsp3) is 0.118. The van der Waals surface area contributed by atoms with E-state index in [1.54, 1.807) is 24.3 Å². The molecule has 3 rings (SSSR count). The van der Waals surface area contributed by atoms with Gasteiger partial charge in [-0.2, -0.15) is 0 Å². The summed E-state index contributed by atoms with van der Waals surface area (Å²) in [5, 5.41) is 4.26. The van der Waals surface area contributed by atoms with E-state index < -0.39 is 5.91 Å². The Morgan fingerprint density at radius 1 is 1.13 bits per heavy atom. The van der Waals surface area contributed by atoms with E-state index in [9.17, 15) is 4.79 Å². The number of carbonyl (C=O) groups excluding carboxylic acids is 1. The predicted molar refractivity (Wildman–Crippen MR) is 94.9 cm³/mol. The molecule has 1 heterocycles. The molecular weight excluding hydrogens is 357 g/mol. The fourth-order valence-electron chi connectivity index (χ4n) is 2.45. The summed E-state index contributed by atoms with van der Waals surface area (Å²) in [5.74, 6) is 0.675. The summed E-state index contributed by atoms with van der Waals surface area (Å²) in [6, 6.07) is 10.4. The summed E-state index contributed by atoms with van der Waals surface area (Å²) in [6.07, 6.45) is 0. The van der Waals surface area contributed by atoms with E-state index in [0.717, 1.165) is 16.7 Å². The van der Waals surface area contributed by atoms with Gasteiger partial charge in [0.1, 0.15) is 5.76 Å². The van der Waals surface area contributed by atoms with E-state index in [1.807, 2.05) is 19.1 Å². The van der Waals surface area contributed by atoms with Gasteiger partial charge in [-0.25, -0.2) is 0 Å². The van der Waals surface area contributed by atoms with Gasteiger partial charge in [0.2, 0.25) is 0 Å². The lowest BCUT2D eigenvalue weighted by molar-refractivity contribution is 0.102. The van der Waals surface area contributed by atoms with E-state index in [-0.39, 0.29) is 5.56 Å². The topological polar surface area (TPSA) is 42.2 Å². The number of halogens is 3. The minimum Gasteiger partial charge on any atom is -0.459 e. The van der Waals surface area contributed by atoms with Crippen LogP contribution in [0.25, 0.3) is 11.0 Å². The summed E-state index contributed by atoms with van der Waals surface area (Å²) in [7, 11) is 0. The molecule has 0 saturated carbocycles. The number of benzene rings is 2. The van der Waals surface area contributed by atoms with Gasteiger partial charge in [0, 0.05) is 10.9 Å². The Bertz CT molecular complexity index is 882. The molecule has 0 aliphatic rings. The maximum atomic E-state index is 12.5. The van der Waals surface area contributed by atoms with Crippen molar-refractivity contribution in [1.82, 2.24) is 0 Å². The second-order valence-corrected chi connectivity index (χ2v) is 6.09. The van der Waals surface area contributed by atoms with Crippen molar-refractivity contribution in [2.45, 2.75) is 12.8 Å². The molecule has 6 heteroatoms. The fourth-order valence-corrected chi connectivity index (χ4v) is 3.35. The number of para-hydroxylation sites is 1. The Morgan fingerprint density at radius 3 is 2.43 bits per heavy atom. The third-order valence-corrected chi connectivity index (χ3v) is 4.49. The molecule has 3 nitrogen and oxygen atoms in total. The number of nitrogens with one attached hydrogen (secondary N) is 1. The molecule has 1 N–H and O–H groups in total. The number of anilines is 1. The monoisotopic (exact) mass is 367 g/mol. The summed E-state index contributed by atoms with van der Waals surface area (Å²) >= 11 is 18.1. The Kier molecular flexibility index (Phi) is 4.53. The predicted octanol–water partition coefficient (Wildman–Crippen LogP) is 6.04. The molecule has 0 aliphatic carbocycles. The van der Waals surface area contributed by atoms with Crippen LogP contribution in [0.1, 0.15) is 21.7 Å². The quantitative estimate of drug-likeness (QED) is 0.573. The Hall–Kier alpha value is -1.68. The van der Waals surface area contributed by atoms with Crippen LogP contribution >= 0.6 is 34.8 Å². The smallest absolute Gasteiger partial charge is 0.258 e. The van der Waals surface area contributed by atoms with Gasteiger partial charge >= 0.3 is 0 Å². The van der Waals surface area contributed by atoms with Crippen LogP contribution in [0.15, 0.2) is 40.8 Å². The second-order valence-electron chi connectivity index (χ2n) is 5.00. The Labute approximate surface area is 148 Å². The lowest BCUT2D eigenvalue weighted by Crippen LogP contribution is -2.13. The van der Waals surface area contributed by atoms with E-state index in [0.29, 0.717) is 27.2 Å². The summed E-state index contributed by atoms with van der Waals surface area (Å²) < 4.78 is 5.75. The van der Waals surface area contributed by atoms with E-state index >= 15 is 0 Å². The minimum atomic E-state index is -0.394. The lowest BCUT2D eigenvalue weighted by Gasteiger charge is -2.08. The second kappa shape index (κ2) is 6.44. The third kappa shape index (κ3) is 2.92. The molecule has 23 heavy (non-hydrogen) atoms. The lowest BCUT2D eigenvalue weighted by atomic mass is 10.1. The molecule has 2 aromatic carbocycles. The molecule has 0 saturated heterocycles.